The van der Waals surface area contributed by atoms with Crippen LogP contribution in [0.4, 0.5) is 5.69 Å². The first-order valence-electron chi connectivity index (χ1n) is 3.52. The van der Waals surface area contributed by atoms with Gasteiger partial charge < -0.3 is 0 Å². The SMILES string of the molecule is Cc1cc(SC#N)ccc1N=C=S. The third kappa shape index (κ3) is 2.67. The number of aliphatic imine (C=N–C) groups is 1. The Labute approximate surface area is 86.3 Å². The van der Waals surface area contributed by atoms with Crippen molar-refractivity contribution in [2.75, 3.05) is 0 Å². The quantitative estimate of drug-likeness (QED) is 0.322. The first-order valence-corrected chi connectivity index (χ1v) is 4.75. The molecular formula is C9H6N2S2. The number of thioether (sulfide) groups is 1. The lowest BCUT2D eigenvalue weighted by Gasteiger charge is -1.99. The van der Waals surface area contributed by atoms with E-state index in [0.717, 1.165) is 27.9 Å². The highest BCUT2D eigenvalue weighted by atomic mass is 32.2. The molecule has 0 amide bonds. The molecule has 0 atom stereocenters. The summed E-state index contributed by atoms with van der Waals surface area (Å²) in [6.07, 6.45) is 0. The lowest BCUT2D eigenvalue weighted by atomic mass is 10.2. The van der Waals surface area contributed by atoms with Crippen molar-refractivity contribution in [1.29, 1.82) is 5.26 Å². The Morgan fingerprint density at radius 3 is 2.85 bits per heavy atom. The highest BCUT2D eigenvalue weighted by Crippen LogP contribution is 2.24. The summed E-state index contributed by atoms with van der Waals surface area (Å²) in [5.41, 5.74) is 1.80. The van der Waals surface area contributed by atoms with Gasteiger partial charge in [0.25, 0.3) is 0 Å². The monoisotopic (exact) mass is 206 g/mol. The van der Waals surface area contributed by atoms with Gasteiger partial charge in [-0.25, -0.2) is 0 Å². The third-order valence-electron chi connectivity index (χ3n) is 1.50. The topological polar surface area (TPSA) is 36.1 Å². The summed E-state index contributed by atoms with van der Waals surface area (Å²) in [6.45, 7) is 1.92. The molecule has 0 aliphatic carbocycles. The van der Waals surface area contributed by atoms with E-state index in [1.54, 1.807) is 0 Å². The van der Waals surface area contributed by atoms with Gasteiger partial charge >= 0.3 is 0 Å². The average Bonchev–Trinajstić information content (AvgIpc) is 2.10. The number of hydrogen-bond donors (Lipinski definition) is 0. The summed E-state index contributed by atoms with van der Waals surface area (Å²) in [6, 6.07) is 5.57. The average molecular weight is 206 g/mol. The van der Waals surface area contributed by atoms with Crippen molar-refractivity contribution in [2.24, 2.45) is 4.99 Å². The minimum absolute atomic E-state index is 0.803. The maximum Gasteiger partial charge on any atom is 0.138 e. The van der Waals surface area contributed by atoms with Gasteiger partial charge in [0.15, 0.2) is 0 Å². The molecule has 0 aliphatic heterocycles. The van der Waals surface area contributed by atoms with Crippen LogP contribution >= 0.6 is 24.0 Å². The maximum absolute atomic E-state index is 8.44. The molecular weight excluding hydrogens is 200 g/mol. The van der Waals surface area contributed by atoms with Crippen molar-refractivity contribution < 1.29 is 0 Å². The third-order valence-corrected chi connectivity index (χ3v) is 2.17. The van der Waals surface area contributed by atoms with Gasteiger partial charge in [-0.1, -0.05) is 0 Å². The minimum Gasteiger partial charge on any atom is -0.194 e. The second-order valence-corrected chi connectivity index (χ2v) is 3.39. The second kappa shape index (κ2) is 4.78. The molecule has 0 aliphatic rings. The largest absolute Gasteiger partial charge is 0.194 e. The van der Waals surface area contributed by atoms with E-state index in [9.17, 15) is 0 Å². The highest BCUT2D eigenvalue weighted by Gasteiger charge is 1.98. The van der Waals surface area contributed by atoms with Crippen LogP contribution in [0, 0.1) is 17.6 Å². The van der Waals surface area contributed by atoms with Crippen LogP contribution in [-0.2, 0) is 0 Å². The minimum atomic E-state index is 0.803. The number of isothiocyanates is 1. The number of thiocyanates is 1. The van der Waals surface area contributed by atoms with E-state index in [-0.39, 0.29) is 0 Å². The number of hydrogen-bond acceptors (Lipinski definition) is 4. The van der Waals surface area contributed by atoms with Crippen molar-refractivity contribution in [2.45, 2.75) is 11.8 Å². The van der Waals surface area contributed by atoms with Crippen molar-refractivity contribution in [3.05, 3.63) is 23.8 Å². The Kier molecular flexibility index (Phi) is 3.66. The molecule has 0 unspecified atom stereocenters. The van der Waals surface area contributed by atoms with Gasteiger partial charge in [-0.2, -0.15) is 10.3 Å². The molecule has 13 heavy (non-hydrogen) atoms. The van der Waals surface area contributed by atoms with E-state index in [2.05, 4.69) is 22.4 Å². The Balaban J connectivity index is 3.06. The van der Waals surface area contributed by atoms with Crippen molar-refractivity contribution in [1.82, 2.24) is 0 Å². The maximum atomic E-state index is 8.44. The van der Waals surface area contributed by atoms with Crippen LogP contribution in [0.5, 0.6) is 0 Å². The first kappa shape index (κ1) is 9.94. The molecule has 0 aromatic heterocycles. The molecule has 0 saturated carbocycles. The van der Waals surface area contributed by atoms with E-state index >= 15 is 0 Å². The van der Waals surface area contributed by atoms with E-state index < -0.39 is 0 Å². The number of nitrogens with zero attached hydrogens (tertiary/aromatic N) is 2. The molecule has 1 rings (SSSR count). The molecule has 0 bridgehead atoms. The summed E-state index contributed by atoms with van der Waals surface area (Å²) in [4.78, 5) is 4.80. The first-order chi connectivity index (χ1) is 6.27. The van der Waals surface area contributed by atoms with Gasteiger partial charge in [0, 0.05) is 4.90 Å². The lowest BCUT2D eigenvalue weighted by molar-refractivity contribution is 1.33. The van der Waals surface area contributed by atoms with Crippen LogP contribution in [0.1, 0.15) is 5.56 Å². The smallest absolute Gasteiger partial charge is 0.138 e. The van der Waals surface area contributed by atoms with Crippen LogP contribution < -0.4 is 0 Å². The van der Waals surface area contributed by atoms with Crippen molar-refractivity contribution >= 4 is 34.8 Å². The van der Waals surface area contributed by atoms with Crippen LogP contribution in [0.25, 0.3) is 0 Å². The Morgan fingerprint density at radius 1 is 1.54 bits per heavy atom. The normalized spacial score (nSPS) is 8.62. The Morgan fingerprint density at radius 2 is 2.31 bits per heavy atom. The van der Waals surface area contributed by atoms with Crippen LogP contribution in [-0.4, -0.2) is 5.16 Å². The second-order valence-electron chi connectivity index (χ2n) is 2.34. The van der Waals surface area contributed by atoms with Gasteiger partial charge in [-0.05, 0) is 54.7 Å². The van der Waals surface area contributed by atoms with Gasteiger partial charge in [0.05, 0.1) is 10.8 Å². The molecule has 0 N–H and O–H groups in total. The zero-order valence-corrected chi connectivity index (χ0v) is 8.58. The van der Waals surface area contributed by atoms with Crippen molar-refractivity contribution in [3.8, 4) is 5.40 Å². The number of rotatable bonds is 2. The predicted molar refractivity (Wildman–Crippen MR) is 57.3 cm³/mol. The van der Waals surface area contributed by atoms with Crippen molar-refractivity contribution in [3.63, 3.8) is 0 Å². The molecule has 0 heterocycles. The Hall–Kier alpha value is -1.14. The number of thiocarbonyl (C=S) groups is 1. The highest BCUT2D eigenvalue weighted by molar-refractivity contribution is 8.03. The fraction of sp³-hybridized carbons (Fsp3) is 0.111. The van der Waals surface area contributed by atoms with E-state index in [1.807, 2.05) is 30.5 Å². The standard InChI is InChI=1S/C9H6N2S2/c1-7-4-8(13-5-10)2-3-9(7)11-6-12/h2-4H,1H3. The fourth-order valence-corrected chi connectivity index (χ4v) is 1.49. The molecule has 0 spiro atoms. The summed E-state index contributed by atoms with van der Waals surface area (Å²) in [5.74, 6) is 0. The number of benzene rings is 1. The molecule has 2 nitrogen and oxygen atoms in total. The van der Waals surface area contributed by atoms with E-state index in [4.69, 9.17) is 5.26 Å². The van der Waals surface area contributed by atoms with Gasteiger partial charge in [0.2, 0.25) is 0 Å². The van der Waals surface area contributed by atoms with Gasteiger partial charge in [0.1, 0.15) is 5.40 Å². The van der Waals surface area contributed by atoms with E-state index in [1.165, 1.54) is 0 Å². The van der Waals surface area contributed by atoms with Gasteiger partial charge in [-0.3, -0.25) is 0 Å². The summed E-state index contributed by atoms with van der Waals surface area (Å²) < 4.78 is 0. The lowest BCUT2D eigenvalue weighted by Crippen LogP contribution is -1.75. The molecule has 1 aromatic rings. The zero-order chi connectivity index (χ0) is 9.68. The summed E-state index contributed by atoms with van der Waals surface area (Å²) in [5, 5.41) is 12.8. The summed E-state index contributed by atoms with van der Waals surface area (Å²) in [7, 11) is 0. The van der Waals surface area contributed by atoms with E-state index in [0.29, 0.717) is 0 Å². The zero-order valence-electron chi connectivity index (χ0n) is 6.94. The molecule has 64 valence electrons. The predicted octanol–water partition coefficient (Wildman–Crippen LogP) is 3.30. The van der Waals surface area contributed by atoms with Crippen LogP contribution in [0.3, 0.4) is 0 Å². The molecule has 1 aromatic carbocycles. The molecule has 0 fully saturated rings. The summed E-state index contributed by atoms with van der Waals surface area (Å²) >= 11 is 5.64. The Bertz CT molecular complexity index is 401. The molecule has 4 heteroatoms. The fourth-order valence-electron chi connectivity index (χ4n) is 0.919. The van der Waals surface area contributed by atoms with Gasteiger partial charge in [-0.15, -0.1) is 0 Å². The van der Waals surface area contributed by atoms with Crippen LogP contribution in [0.15, 0.2) is 28.1 Å². The number of nitriles is 1. The van der Waals surface area contributed by atoms with Crippen LogP contribution in [0.2, 0.25) is 0 Å². The molecule has 0 radical (unpaired) electrons. The number of aryl methyl sites for hydroxylation is 1. The molecule has 0 saturated heterocycles.